The van der Waals surface area contributed by atoms with E-state index in [9.17, 15) is 0 Å². The van der Waals surface area contributed by atoms with Gasteiger partial charge in [0.15, 0.2) is 0 Å². The van der Waals surface area contributed by atoms with Gasteiger partial charge in [-0.3, -0.25) is 0 Å². The Morgan fingerprint density at radius 3 is 2.93 bits per heavy atom. The Morgan fingerprint density at radius 2 is 2.13 bits per heavy atom. The van der Waals surface area contributed by atoms with Crippen LogP contribution in [0.1, 0.15) is 31.7 Å². The van der Waals surface area contributed by atoms with Crippen molar-refractivity contribution < 1.29 is 4.58 Å². The molecular weight excluding hydrogens is 182 g/mol. The van der Waals surface area contributed by atoms with Crippen molar-refractivity contribution in [3.05, 3.63) is 36.4 Å². The van der Waals surface area contributed by atoms with E-state index in [1.165, 1.54) is 29.7 Å². The second kappa shape index (κ2) is 4.43. The van der Waals surface area contributed by atoms with Gasteiger partial charge in [0.1, 0.15) is 12.8 Å². The molecule has 1 aliphatic heterocycles. The third-order valence-corrected chi connectivity index (χ3v) is 2.91. The van der Waals surface area contributed by atoms with Gasteiger partial charge in [0, 0.05) is 18.1 Å². The van der Waals surface area contributed by atoms with Gasteiger partial charge in [0.25, 0.3) is 0 Å². The van der Waals surface area contributed by atoms with Crippen molar-refractivity contribution in [1.29, 1.82) is 0 Å². The van der Waals surface area contributed by atoms with Crippen LogP contribution in [-0.2, 0) is 0 Å². The van der Waals surface area contributed by atoms with E-state index in [-0.39, 0.29) is 0 Å². The van der Waals surface area contributed by atoms with Gasteiger partial charge in [-0.05, 0) is 11.6 Å². The van der Waals surface area contributed by atoms with Crippen LogP contribution in [-0.4, -0.2) is 17.3 Å². The maximum atomic E-state index is 4.11. The van der Waals surface area contributed by atoms with Crippen molar-refractivity contribution in [2.75, 3.05) is 6.54 Å². The summed E-state index contributed by atoms with van der Waals surface area (Å²) < 4.78 is 2.37. The summed E-state index contributed by atoms with van der Waals surface area (Å²) in [6, 6.07) is 8.55. The number of rotatable bonds is 3. The summed E-state index contributed by atoms with van der Waals surface area (Å²) in [6.07, 6.45) is 5.74. The van der Waals surface area contributed by atoms with E-state index in [1.54, 1.807) is 0 Å². The average molecular weight is 200 g/mol. The highest BCUT2D eigenvalue weighted by Gasteiger charge is 2.20. The fraction of sp³-hybridized carbons (Fsp3) is 0.357. The lowest BCUT2D eigenvalue weighted by Gasteiger charge is -2.13. The van der Waals surface area contributed by atoms with Gasteiger partial charge < -0.3 is 0 Å². The third kappa shape index (κ3) is 2.01. The molecule has 0 atom stereocenters. The second-order valence-electron chi connectivity index (χ2n) is 4.05. The molecule has 1 aliphatic rings. The normalized spacial score (nSPS) is 14.7. The molecule has 0 N–H and O–H groups in total. The van der Waals surface area contributed by atoms with Gasteiger partial charge in [-0.25, -0.2) is 4.58 Å². The number of hydrogen-bond acceptors (Lipinski definition) is 0. The van der Waals surface area contributed by atoms with Gasteiger partial charge in [0.05, 0.1) is 6.42 Å². The van der Waals surface area contributed by atoms with Crippen molar-refractivity contribution in [3.63, 3.8) is 0 Å². The van der Waals surface area contributed by atoms with Crippen molar-refractivity contribution in [2.24, 2.45) is 0 Å². The Hall–Kier alpha value is -1.37. The molecule has 2 rings (SSSR count). The van der Waals surface area contributed by atoms with Crippen LogP contribution >= 0.6 is 0 Å². The first-order valence-corrected chi connectivity index (χ1v) is 5.70. The first-order valence-electron chi connectivity index (χ1n) is 5.70. The monoisotopic (exact) mass is 200 g/mol. The molecule has 0 radical (unpaired) electrons. The van der Waals surface area contributed by atoms with Crippen molar-refractivity contribution >= 4 is 17.5 Å². The molecule has 0 fully saturated rings. The average Bonchev–Trinajstić information content (AvgIpc) is 2.29. The van der Waals surface area contributed by atoms with E-state index in [2.05, 4.69) is 48.6 Å². The number of fused-ring (bicyclic) bond motifs is 1. The summed E-state index contributed by atoms with van der Waals surface area (Å²) in [6.45, 7) is 7.47. The zero-order chi connectivity index (χ0) is 10.7. The fourth-order valence-corrected chi connectivity index (χ4v) is 1.99. The topological polar surface area (TPSA) is 3.01 Å². The van der Waals surface area contributed by atoms with E-state index < -0.39 is 0 Å². The molecule has 0 spiro atoms. The molecule has 1 aromatic rings. The SMILES string of the molecule is C=C1CC=[N+](CCCC)c2ccccc21. The van der Waals surface area contributed by atoms with Crippen LogP contribution in [0.5, 0.6) is 0 Å². The lowest BCUT2D eigenvalue weighted by Crippen LogP contribution is -2.14. The number of para-hydroxylation sites is 1. The molecular formula is C14H18N+. The van der Waals surface area contributed by atoms with E-state index in [4.69, 9.17) is 0 Å². The zero-order valence-electron chi connectivity index (χ0n) is 9.37. The molecule has 0 saturated heterocycles. The highest BCUT2D eigenvalue weighted by molar-refractivity contribution is 5.83. The highest BCUT2D eigenvalue weighted by atomic mass is 15.0. The smallest absolute Gasteiger partial charge is 0.202 e. The summed E-state index contributed by atoms with van der Waals surface area (Å²) in [7, 11) is 0. The fourth-order valence-electron chi connectivity index (χ4n) is 1.99. The Morgan fingerprint density at radius 1 is 1.33 bits per heavy atom. The van der Waals surface area contributed by atoms with Gasteiger partial charge in [-0.2, -0.15) is 0 Å². The number of benzene rings is 1. The van der Waals surface area contributed by atoms with Crippen molar-refractivity contribution in [2.45, 2.75) is 26.2 Å². The molecule has 0 bridgehead atoms. The molecule has 0 aliphatic carbocycles. The Balaban J connectivity index is 2.32. The van der Waals surface area contributed by atoms with Crippen LogP contribution in [0.3, 0.4) is 0 Å². The zero-order valence-corrected chi connectivity index (χ0v) is 9.37. The Kier molecular flexibility index (Phi) is 3.00. The summed E-state index contributed by atoms with van der Waals surface area (Å²) in [5.74, 6) is 0. The maximum absolute atomic E-state index is 4.11. The molecule has 0 aromatic heterocycles. The lowest BCUT2D eigenvalue weighted by molar-refractivity contribution is -0.438. The predicted molar refractivity (Wildman–Crippen MR) is 65.9 cm³/mol. The largest absolute Gasteiger partial charge is 0.212 e. The van der Waals surface area contributed by atoms with E-state index >= 15 is 0 Å². The van der Waals surface area contributed by atoms with Crippen LogP contribution < -0.4 is 0 Å². The van der Waals surface area contributed by atoms with Gasteiger partial charge in [-0.15, -0.1) is 0 Å². The summed E-state index contributed by atoms with van der Waals surface area (Å²) in [5.41, 5.74) is 3.87. The Labute approximate surface area is 91.8 Å². The minimum absolute atomic E-state index is 0.987. The number of hydrogen-bond donors (Lipinski definition) is 0. The van der Waals surface area contributed by atoms with Crippen LogP contribution in [0.15, 0.2) is 30.8 Å². The number of allylic oxidation sites excluding steroid dienone is 1. The van der Waals surface area contributed by atoms with Crippen LogP contribution in [0.4, 0.5) is 5.69 Å². The highest BCUT2D eigenvalue weighted by Crippen LogP contribution is 2.29. The molecule has 1 heteroatoms. The van der Waals surface area contributed by atoms with Crippen molar-refractivity contribution in [1.82, 2.24) is 0 Å². The quantitative estimate of drug-likeness (QED) is 0.656. The van der Waals surface area contributed by atoms with Crippen LogP contribution in [0.2, 0.25) is 0 Å². The molecule has 0 saturated carbocycles. The third-order valence-electron chi connectivity index (χ3n) is 2.91. The number of unbranched alkanes of at least 4 members (excludes halogenated alkanes) is 1. The van der Waals surface area contributed by atoms with E-state index in [0.29, 0.717) is 0 Å². The van der Waals surface area contributed by atoms with Crippen LogP contribution in [0.25, 0.3) is 5.57 Å². The van der Waals surface area contributed by atoms with Gasteiger partial charge in [-0.1, -0.05) is 32.1 Å². The minimum Gasteiger partial charge on any atom is -0.202 e. The van der Waals surface area contributed by atoms with Gasteiger partial charge >= 0.3 is 0 Å². The van der Waals surface area contributed by atoms with Crippen molar-refractivity contribution in [3.8, 4) is 0 Å². The summed E-state index contributed by atoms with van der Waals surface area (Å²) >= 11 is 0. The predicted octanol–water partition coefficient (Wildman–Crippen LogP) is 3.62. The molecule has 1 nitrogen and oxygen atoms in total. The first-order chi connectivity index (χ1) is 7.33. The van der Waals surface area contributed by atoms with Crippen LogP contribution in [0, 0.1) is 0 Å². The van der Waals surface area contributed by atoms with E-state index in [0.717, 1.165) is 13.0 Å². The van der Waals surface area contributed by atoms with E-state index in [1.807, 2.05) is 0 Å². The second-order valence-corrected chi connectivity index (χ2v) is 4.05. The minimum atomic E-state index is 0.987. The molecule has 1 aromatic carbocycles. The molecule has 0 amide bonds. The van der Waals surface area contributed by atoms with Gasteiger partial charge in [0.2, 0.25) is 5.69 Å². The number of nitrogens with zero attached hydrogens (tertiary/aromatic N) is 1. The molecule has 1 heterocycles. The summed E-state index contributed by atoms with van der Waals surface area (Å²) in [4.78, 5) is 0. The standard InChI is InChI=1S/C14H18N/c1-3-4-10-15-11-9-12(2)13-7-5-6-8-14(13)15/h5-8,11H,2-4,9-10H2,1H3/q+1. The summed E-state index contributed by atoms with van der Waals surface area (Å²) in [5, 5.41) is 0. The lowest BCUT2D eigenvalue weighted by atomic mass is 9.99. The maximum Gasteiger partial charge on any atom is 0.212 e. The molecule has 78 valence electrons. The molecule has 15 heavy (non-hydrogen) atoms. The Bertz CT molecular complexity index is 402. The molecule has 0 unspecified atom stereocenters. The first kappa shape index (κ1) is 10.2.